The minimum absolute atomic E-state index is 0.0457. The Morgan fingerprint density at radius 2 is 1.61 bits per heavy atom. The predicted octanol–water partition coefficient (Wildman–Crippen LogP) is 5.46. The van der Waals surface area contributed by atoms with Crippen molar-refractivity contribution in [3.63, 3.8) is 0 Å². The molecule has 3 heterocycles. The molecule has 1 saturated carbocycles. The van der Waals surface area contributed by atoms with Gasteiger partial charge in [-0.2, -0.15) is 0 Å². The number of hydrogen-bond donors (Lipinski definition) is 0. The first-order valence-electron chi connectivity index (χ1n) is 12.9. The average Bonchev–Trinajstić information content (AvgIpc) is 3.64. The summed E-state index contributed by atoms with van der Waals surface area (Å²) >= 11 is 1.62. The molecular formula is C29H30FN3O2S. The molecule has 3 aromatic rings. The number of carbonyl (C=O) groups is 2. The summed E-state index contributed by atoms with van der Waals surface area (Å²) in [5.74, 6) is -0.575. The molecule has 2 aliphatic heterocycles. The van der Waals surface area contributed by atoms with Gasteiger partial charge in [-0.3, -0.25) is 9.59 Å². The van der Waals surface area contributed by atoms with Gasteiger partial charge in [0.2, 0.25) is 5.91 Å². The quantitative estimate of drug-likeness (QED) is 0.475. The average molecular weight is 504 g/mol. The lowest BCUT2D eigenvalue weighted by atomic mass is 9.80. The third kappa shape index (κ3) is 3.99. The molecule has 1 aromatic heterocycles. The van der Waals surface area contributed by atoms with Crippen molar-refractivity contribution >= 4 is 28.8 Å². The summed E-state index contributed by atoms with van der Waals surface area (Å²) < 4.78 is 14.4. The minimum atomic E-state index is -0.446. The Hall–Kier alpha value is -3.19. The highest BCUT2D eigenvalue weighted by molar-refractivity contribution is 7.10. The van der Waals surface area contributed by atoms with Crippen molar-refractivity contribution in [1.29, 1.82) is 0 Å². The second-order valence-electron chi connectivity index (χ2n) is 9.94. The largest absolute Gasteiger partial charge is 0.366 e. The van der Waals surface area contributed by atoms with E-state index in [1.54, 1.807) is 23.5 Å². The van der Waals surface area contributed by atoms with Crippen molar-refractivity contribution < 1.29 is 14.0 Å². The molecule has 5 nitrogen and oxygen atoms in total. The van der Waals surface area contributed by atoms with Crippen LogP contribution in [0.2, 0.25) is 0 Å². The van der Waals surface area contributed by atoms with Crippen LogP contribution in [-0.4, -0.2) is 53.8 Å². The minimum Gasteiger partial charge on any atom is -0.366 e. The van der Waals surface area contributed by atoms with E-state index in [9.17, 15) is 14.0 Å². The molecule has 186 valence electrons. The van der Waals surface area contributed by atoms with Gasteiger partial charge in [-0.25, -0.2) is 4.39 Å². The zero-order valence-electron chi connectivity index (χ0n) is 20.2. The molecule has 2 amide bonds. The number of amides is 2. The Balaban J connectivity index is 1.34. The zero-order chi connectivity index (χ0) is 24.6. The third-order valence-corrected chi connectivity index (χ3v) is 8.92. The number of para-hydroxylation sites is 1. The van der Waals surface area contributed by atoms with E-state index in [2.05, 4.69) is 6.07 Å². The van der Waals surface area contributed by atoms with E-state index in [4.69, 9.17) is 0 Å². The second kappa shape index (κ2) is 9.69. The van der Waals surface area contributed by atoms with Crippen LogP contribution in [0.4, 0.5) is 10.1 Å². The molecule has 36 heavy (non-hydrogen) atoms. The lowest BCUT2D eigenvalue weighted by Gasteiger charge is -2.46. The molecule has 7 heteroatoms. The van der Waals surface area contributed by atoms with Crippen LogP contribution in [-0.2, 0) is 4.79 Å². The number of benzene rings is 2. The fourth-order valence-electron chi connectivity index (χ4n) is 6.24. The maximum atomic E-state index is 14.4. The topological polar surface area (TPSA) is 43.9 Å². The first-order chi connectivity index (χ1) is 17.6. The van der Waals surface area contributed by atoms with Crippen LogP contribution in [0.1, 0.15) is 58.4 Å². The van der Waals surface area contributed by atoms with Crippen LogP contribution in [0.15, 0.2) is 66.0 Å². The molecule has 0 spiro atoms. The smallest absolute Gasteiger partial charge is 0.254 e. The second-order valence-corrected chi connectivity index (χ2v) is 10.9. The van der Waals surface area contributed by atoms with Gasteiger partial charge < -0.3 is 14.7 Å². The lowest BCUT2D eigenvalue weighted by Crippen LogP contribution is -2.54. The molecule has 2 fully saturated rings. The molecule has 0 N–H and O–H groups in total. The van der Waals surface area contributed by atoms with E-state index in [-0.39, 0.29) is 29.7 Å². The Kier molecular flexibility index (Phi) is 6.25. The van der Waals surface area contributed by atoms with Crippen LogP contribution in [0.3, 0.4) is 0 Å². The van der Waals surface area contributed by atoms with Crippen molar-refractivity contribution in [3.05, 3.63) is 87.9 Å². The van der Waals surface area contributed by atoms with Crippen LogP contribution in [0.25, 0.3) is 0 Å². The highest BCUT2D eigenvalue weighted by atomic mass is 32.1. The van der Waals surface area contributed by atoms with E-state index in [0.29, 0.717) is 37.4 Å². The predicted molar refractivity (Wildman–Crippen MR) is 140 cm³/mol. The molecule has 6 rings (SSSR count). The number of nitrogens with zero attached hydrogens (tertiary/aromatic N) is 3. The molecule has 1 aliphatic carbocycles. The number of halogens is 1. The summed E-state index contributed by atoms with van der Waals surface area (Å²) in [5.41, 5.74) is 2.07. The maximum Gasteiger partial charge on any atom is 0.254 e. The van der Waals surface area contributed by atoms with Crippen LogP contribution in [0.5, 0.6) is 0 Å². The fraction of sp³-hybridized carbons (Fsp3) is 0.379. The Morgan fingerprint density at radius 1 is 0.889 bits per heavy atom. The summed E-state index contributed by atoms with van der Waals surface area (Å²) in [7, 11) is 0. The molecular weight excluding hydrogens is 473 g/mol. The highest BCUT2D eigenvalue weighted by Crippen LogP contribution is 2.47. The number of hydrogen-bond acceptors (Lipinski definition) is 4. The van der Waals surface area contributed by atoms with Crippen LogP contribution in [0, 0.1) is 5.82 Å². The van der Waals surface area contributed by atoms with Crippen molar-refractivity contribution in [2.75, 3.05) is 31.1 Å². The van der Waals surface area contributed by atoms with Gasteiger partial charge in [-0.1, -0.05) is 49.2 Å². The van der Waals surface area contributed by atoms with Crippen molar-refractivity contribution in [2.45, 2.75) is 43.7 Å². The lowest BCUT2D eigenvalue weighted by molar-refractivity contribution is -0.135. The van der Waals surface area contributed by atoms with Crippen molar-refractivity contribution in [1.82, 2.24) is 9.80 Å². The van der Waals surface area contributed by atoms with Gasteiger partial charge in [0.15, 0.2) is 0 Å². The van der Waals surface area contributed by atoms with E-state index >= 15 is 0 Å². The summed E-state index contributed by atoms with van der Waals surface area (Å²) in [4.78, 5) is 35.2. The molecule has 0 radical (unpaired) electrons. The number of anilines is 1. The van der Waals surface area contributed by atoms with Crippen LogP contribution >= 0.6 is 11.3 Å². The number of piperazine rings is 1. The van der Waals surface area contributed by atoms with Gasteiger partial charge in [0.25, 0.3) is 5.91 Å². The fourth-order valence-corrected chi connectivity index (χ4v) is 7.10. The maximum absolute atomic E-state index is 14.4. The summed E-state index contributed by atoms with van der Waals surface area (Å²) in [6.07, 6.45) is 4.20. The molecule has 0 unspecified atom stereocenters. The Morgan fingerprint density at radius 3 is 2.33 bits per heavy atom. The van der Waals surface area contributed by atoms with Crippen molar-refractivity contribution in [2.24, 2.45) is 0 Å². The Bertz CT molecular complexity index is 1250. The normalized spacial score (nSPS) is 22.7. The van der Waals surface area contributed by atoms with E-state index < -0.39 is 5.92 Å². The molecule has 2 aromatic carbocycles. The van der Waals surface area contributed by atoms with Gasteiger partial charge in [0, 0.05) is 42.7 Å². The summed E-state index contributed by atoms with van der Waals surface area (Å²) in [6.45, 7) is 2.21. The van der Waals surface area contributed by atoms with E-state index in [0.717, 1.165) is 36.1 Å². The van der Waals surface area contributed by atoms with Gasteiger partial charge in [0.05, 0.1) is 17.6 Å². The van der Waals surface area contributed by atoms with E-state index in [1.807, 2.05) is 56.5 Å². The first-order valence-corrected chi connectivity index (χ1v) is 13.7. The Labute approximate surface area is 215 Å². The number of rotatable bonds is 4. The number of fused-ring (bicyclic) bond motifs is 1. The van der Waals surface area contributed by atoms with Gasteiger partial charge in [-0.05, 0) is 48.1 Å². The van der Waals surface area contributed by atoms with Crippen molar-refractivity contribution in [3.8, 4) is 0 Å². The van der Waals surface area contributed by atoms with Crippen LogP contribution < -0.4 is 4.90 Å². The third-order valence-electron chi connectivity index (χ3n) is 7.98. The molecule has 0 bridgehead atoms. The monoisotopic (exact) mass is 503 g/mol. The summed E-state index contributed by atoms with van der Waals surface area (Å²) in [5, 5.41) is 2.03. The highest BCUT2D eigenvalue weighted by Gasteiger charge is 2.48. The van der Waals surface area contributed by atoms with Gasteiger partial charge in [-0.15, -0.1) is 11.3 Å². The standard InChI is InChI=1S/C29H30FN3O2S/c30-23-12-5-6-13-24(23)31-15-17-32(18-16-31)29(35)26-21-10-3-4-11-22(21)28(34)33(20-8-1-2-9-20)27(26)25-14-7-19-36-25/h3-7,10-14,19-20,26-27H,1-2,8-9,15-18H2/t26-,27-/m1/s1. The number of carbonyl (C=O) groups excluding carboxylic acids is 2. The zero-order valence-corrected chi connectivity index (χ0v) is 21.0. The van der Waals surface area contributed by atoms with E-state index in [1.165, 1.54) is 6.07 Å². The molecule has 1 saturated heterocycles. The molecule has 2 atom stereocenters. The van der Waals surface area contributed by atoms with Gasteiger partial charge in [0.1, 0.15) is 5.82 Å². The van der Waals surface area contributed by atoms with Gasteiger partial charge >= 0.3 is 0 Å². The summed E-state index contributed by atoms with van der Waals surface area (Å²) in [6, 6.07) is 18.4. The molecule has 3 aliphatic rings. The first kappa shape index (κ1) is 23.2. The SMILES string of the molecule is O=C([C@@H]1c2ccccc2C(=O)N(C2CCCC2)[C@@H]1c1cccs1)N1CCN(c2ccccc2F)CC1. The number of thiophene rings is 1.